The number of halogens is 1. The van der Waals surface area contributed by atoms with E-state index in [1.807, 2.05) is 0 Å². The predicted molar refractivity (Wildman–Crippen MR) is 148 cm³/mol. The van der Waals surface area contributed by atoms with E-state index in [2.05, 4.69) is 71.3 Å². The molecule has 6 unspecified atom stereocenters. The van der Waals surface area contributed by atoms with Gasteiger partial charge in [-0.3, -0.25) is 4.79 Å². The molecular formula is C32H53BrO2. The van der Waals surface area contributed by atoms with E-state index in [-0.39, 0.29) is 17.5 Å². The third kappa shape index (κ3) is 3.54. The zero-order valence-electron chi connectivity index (χ0n) is 24.0. The monoisotopic (exact) mass is 548 g/mol. The van der Waals surface area contributed by atoms with Crippen LogP contribution in [-0.4, -0.2) is 17.4 Å². The first-order valence-electron chi connectivity index (χ1n) is 15.0. The van der Waals surface area contributed by atoms with Crippen molar-refractivity contribution in [2.45, 2.75) is 126 Å². The van der Waals surface area contributed by atoms with Crippen LogP contribution in [0.25, 0.3) is 0 Å². The number of carbonyl (C=O) groups excluding carboxylic acids is 1. The molecule has 10 atom stereocenters. The Labute approximate surface area is 224 Å². The molecule has 3 heteroatoms. The Morgan fingerprint density at radius 2 is 1.54 bits per heavy atom. The molecule has 200 valence electrons. The molecule has 0 heterocycles. The first-order valence-corrected chi connectivity index (χ1v) is 16.1. The fourth-order valence-electron chi connectivity index (χ4n) is 12.1. The molecule has 5 fully saturated rings. The molecule has 0 aliphatic heterocycles. The van der Waals surface area contributed by atoms with Crippen molar-refractivity contribution in [3.05, 3.63) is 0 Å². The first-order chi connectivity index (χ1) is 16.2. The Hall–Kier alpha value is -0.0500. The van der Waals surface area contributed by atoms with Gasteiger partial charge in [-0.15, -0.1) is 0 Å². The third-order valence-electron chi connectivity index (χ3n) is 14.1. The van der Waals surface area contributed by atoms with E-state index in [0.29, 0.717) is 32.9 Å². The molecule has 5 rings (SSSR count). The van der Waals surface area contributed by atoms with E-state index in [1.54, 1.807) is 0 Å². The third-order valence-corrected chi connectivity index (χ3v) is 14.5. The van der Waals surface area contributed by atoms with Gasteiger partial charge in [-0.25, -0.2) is 0 Å². The van der Waals surface area contributed by atoms with Crippen molar-refractivity contribution in [1.82, 2.24) is 0 Å². The molecule has 0 spiro atoms. The first kappa shape index (κ1) is 26.6. The highest BCUT2D eigenvalue weighted by molar-refractivity contribution is 9.09. The van der Waals surface area contributed by atoms with Crippen LogP contribution in [0.5, 0.6) is 0 Å². The van der Waals surface area contributed by atoms with Crippen LogP contribution >= 0.6 is 15.9 Å². The number of carbonyl (C=O) groups is 1. The summed E-state index contributed by atoms with van der Waals surface area (Å²) < 4.78 is 6.02. The summed E-state index contributed by atoms with van der Waals surface area (Å²) in [6, 6.07) is 0. The molecule has 0 bridgehead atoms. The highest BCUT2D eigenvalue weighted by Crippen LogP contribution is 2.77. The van der Waals surface area contributed by atoms with Crippen molar-refractivity contribution in [3.8, 4) is 0 Å². The van der Waals surface area contributed by atoms with Crippen LogP contribution in [0.2, 0.25) is 0 Å². The van der Waals surface area contributed by atoms with Gasteiger partial charge in [0.2, 0.25) is 0 Å². The van der Waals surface area contributed by atoms with Crippen LogP contribution in [0.1, 0.15) is 120 Å². The number of hydrogen-bond acceptors (Lipinski definition) is 2. The SMILES string of the molecule is CC(C)[C@@H]1CCC2(C)CC[C@]3(C)C(CCC4C5(C)CCC(OC(=O)CBr)C(C)(C)[C@@H]5CCC43C)[C@@H]12. The maximum absolute atomic E-state index is 12.2. The van der Waals surface area contributed by atoms with Crippen molar-refractivity contribution < 1.29 is 9.53 Å². The minimum absolute atomic E-state index is 0.0449. The van der Waals surface area contributed by atoms with Crippen LogP contribution < -0.4 is 0 Å². The van der Waals surface area contributed by atoms with E-state index in [1.165, 1.54) is 57.8 Å². The standard InChI is InChI=1S/C32H53BrO2/c1-20(2)21-11-14-29(5)17-18-31(7)22(27(21)29)9-10-24-30(6)15-13-25(35-26(34)19-33)28(3,4)23(30)12-16-32(24,31)8/h20-25,27H,9-19H2,1-8H3/t21-,22?,23-,24?,25?,27+,29?,30?,31+,32?/m0/s1. The second-order valence-corrected chi connectivity index (χ2v) is 16.3. The molecular weight excluding hydrogens is 496 g/mol. The second kappa shape index (κ2) is 8.47. The van der Waals surface area contributed by atoms with Gasteiger partial charge in [-0.1, -0.05) is 71.3 Å². The summed E-state index contributed by atoms with van der Waals surface area (Å²) in [7, 11) is 0. The van der Waals surface area contributed by atoms with Crippen molar-refractivity contribution in [2.24, 2.45) is 62.6 Å². The average Bonchev–Trinajstić information content (AvgIpc) is 3.14. The molecule has 5 aliphatic carbocycles. The van der Waals surface area contributed by atoms with Crippen molar-refractivity contribution >= 4 is 21.9 Å². The largest absolute Gasteiger partial charge is 0.461 e. The lowest BCUT2D eigenvalue weighted by atomic mass is 9.32. The van der Waals surface area contributed by atoms with Crippen molar-refractivity contribution in [2.75, 3.05) is 5.33 Å². The number of ether oxygens (including phenoxy) is 1. The molecule has 0 aromatic heterocycles. The average molecular weight is 550 g/mol. The number of fused-ring (bicyclic) bond motifs is 7. The van der Waals surface area contributed by atoms with Crippen LogP contribution in [-0.2, 0) is 9.53 Å². The molecule has 35 heavy (non-hydrogen) atoms. The van der Waals surface area contributed by atoms with Crippen LogP contribution in [0, 0.1) is 62.6 Å². The van der Waals surface area contributed by atoms with Gasteiger partial charge < -0.3 is 4.74 Å². The quantitative estimate of drug-likeness (QED) is 0.259. The maximum atomic E-state index is 12.2. The van der Waals surface area contributed by atoms with Gasteiger partial charge in [0.25, 0.3) is 0 Å². The lowest BCUT2D eigenvalue weighted by molar-refractivity contribution is -0.250. The molecule has 5 saturated carbocycles. The van der Waals surface area contributed by atoms with Gasteiger partial charge in [0.05, 0.1) is 0 Å². The minimum atomic E-state index is -0.0955. The Kier molecular flexibility index (Phi) is 6.43. The number of hydrogen-bond donors (Lipinski definition) is 0. The van der Waals surface area contributed by atoms with Crippen molar-refractivity contribution in [1.29, 1.82) is 0 Å². The topological polar surface area (TPSA) is 26.3 Å². The highest BCUT2D eigenvalue weighted by Gasteiger charge is 2.70. The van der Waals surface area contributed by atoms with Gasteiger partial charge in [0, 0.05) is 5.41 Å². The summed E-state index contributed by atoms with van der Waals surface area (Å²) in [5.74, 6) is 4.92. The molecule has 0 amide bonds. The summed E-state index contributed by atoms with van der Waals surface area (Å²) in [6.45, 7) is 20.7. The number of alkyl halides is 1. The summed E-state index contributed by atoms with van der Waals surface area (Å²) in [5, 5.41) is 0.305. The molecule has 0 aromatic rings. The van der Waals surface area contributed by atoms with Crippen LogP contribution in [0.3, 0.4) is 0 Å². The fourth-order valence-corrected chi connectivity index (χ4v) is 12.3. The molecule has 5 aliphatic rings. The van der Waals surface area contributed by atoms with Gasteiger partial charge in [0.15, 0.2) is 0 Å². The van der Waals surface area contributed by atoms with Gasteiger partial charge in [0.1, 0.15) is 11.4 Å². The number of rotatable bonds is 3. The van der Waals surface area contributed by atoms with E-state index >= 15 is 0 Å². The molecule has 0 radical (unpaired) electrons. The van der Waals surface area contributed by atoms with Crippen LogP contribution in [0.15, 0.2) is 0 Å². The Morgan fingerprint density at radius 3 is 2.20 bits per heavy atom. The molecule has 0 aromatic carbocycles. The smallest absolute Gasteiger partial charge is 0.316 e. The van der Waals surface area contributed by atoms with E-state index in [4.69, 9.17) is 4.74 Å². The summed E-state index contributed by atoms with van der Waals surface area (Å²) in [4.78, 5) is 12.2. The minimum Gasteiger partial charge on any atom is -0.461 e. The van der Waals surface area contributed by atoms with E-state index in [9.17, 15) is 4.79 Å². The molecule has 2 nitrogen and oxygen atoms in total. The summed E-state index contributed by atoms with van der Waals surface area (Å²) in [5.41, 5.74) is 1.89. The zero-order chi connectivity index (χ0) is 25.6. The summed E-state index contributed by atoms with van der Waals surface area (Å²) in [6.07, 6.45) is 13.7. The van der Waals surface area contributed by atoms with Gasteiger partial charge >= 0.3 is 5.97 Å². The fraction of sp³-hybridized carbons (Fsp3) is 0.969. The normalized spacial score (nSPS) is 52.7. The Bertz CT molecular complexity index is 851. The maximum Gasteiger partial charge on any atom is 0.316 e. The second-order valence-electron chi connectivity index (χ2n) is 15.8. The van der Waals surface area contributed by atoms with Gasteiger partial charge in [-0.05, 0) is 121 Å². The Balaban J connectivity index is 1.47. The zero-order valence-corrected chi connectivity index (χ0v) is 25.6. The molecule has 0 N–H and O–H groups in total. The van der Waals surface area contributed by atoms with Gasteiger partial charge in [-0.2, -0.15) is 0 Å². The van der Waals surface area contributed by atoms with Crippen molar-refractivity contribution in [3.63, 3.8) is 0 Å². The van der Waals surface area contributed by atoms with Crippen LogP contribution in [0.4, 0.5) is 0 Å². The van der Waals surface area contributed by atoms with E-state index in [0.717, 1.165) is 36.0 Å². The lowest BCUT2D eigenvalue weighted by Gasteiger charge is -2.73. The summed E-state index contributed by atoms with van der Waals surface area (Å²) >= 11 is 3.31. The highest BCUT2D eigenvalue weighted by atomic mass is 79.9. The van der Waals surface area contributed by atoms with E-state index < -0.39 is 0 Å². The Morgan fingerprint density at radius 1 is 0.829 bits per heavy atom. The lowest BCUT2D eigenvalue weighted by Crippen LogP contribution is -2.66. The predicted octanol–water partition coefficient (Wildman–Crippen LogP) is 9.05. The number of esters is 1. The molecule has 0 saturated heterocycles.